The van der Waals surface area contributed by atoms with Gasteiger partial charge in [0.1, 0.15) is 0 Å². The van der Waals surface area contributed by atoms with Crippen LogP contribution in [0.4, 0.5) is 0 Å². The van der Waals surface area contributed by atoms with Crippen LogP contribution >= 0.6 is 24.0 Å². The molecule has 0 saturated carbocycles. The minimum Gasteiger partial charge on any atom is -0.379 e. The van der Waals surface area contributed by atoms with Crippen LogP contribution in [0.2, 0.25) is 0 Å². The van der Waals surface area contributed by atoms with E-state index in [1.165, 1.54) is 5.56 Å². The lowest BCUT2D eigenvalue weighted by molar-refractivity contribution is -0.0502. The molecule has 180 valence electrons. The van der Waals surface area contributed by atoms with Crippen molar-refractivity contribution >= 4 is 29.9 Å². The van der Waals surface area contributed by atoms with Crippen LogP contribution in [0.25, 0.3) is 0 Å². The summed E-state index contributed by atoms with van der Waals surface area (Å²) in [5.41, 5.74) is 1.37. The molecule has 4 rings (SSSR count). The molecule has 7 nitrogen and oxygen atoms in total. The monoisotopic (exact) mass is 557 g/mol. The summed E-state index contributed by atoms with van der Waals surface area (Å²) in [7, 11) is 0. The highest BCUT2D eigenvalue weighted by Gasteiger charge is 2.41. The van der Waals surface area contributed by atoms with Gasteiger partial charge in [0.25, 0.3) is 0 Å². The largest absolute Gasteiger partial charge is 0.379 e. The van der Waals surface area contributed by atoms with Crippen molar-refractivity contribution in [2.75, 3.05) is 59.1 Å². The number of nitrogens with one attached hydrogen (secondary N) is 1. The molecule has 4 atom stereocenters. The number of nitrogens with zero attached hydrogens (tertiary/aromatic N) is 4. The minimum absolute atomic E-state index is 0. The quantitative estimate of drug-likeness (QED) is 0.329. The molecule has 3 fully saturated rings. The van der Waals surface area contributed by atoms with E-state index in [9.17, 15) is 0 Å². The van der Waals surface area contributed by atoms with E-state index in [1.54, 1.807) is 0 Å². The van der Waals surface area contributed by atoms with Crippen LogP contribution in [-0.2, 0) is 16.0 Å². The van der Waals surface area contributed by atoms with Crippen molar-refractivity contribution in [3.8, 4) is 0 Å². The Kier molecular flexibility index (Phi) is 10.0. The highest BCUT2D eigenvalue weighted by molar-refractivity contribution is 14.0. The SMILES string of the molecule is CCNC(=NCC(C)N1CCOCC1C)N1CC2OCCN(Cc3ccccc3)C2C1.I. The molecule has 32 heavy (non-hydrogen) atoms. The standard InChI is InChI=1S/C24H39N5O2.HI/c1-4-25-24(26-14-19(2)29-11-12-30-18-20(29)3)28-16-22-23(17-28)31-13-10-27(22)15-21-8-6-5-7-9-21;/h5-9,19-20,22-23H,4,10-18H2,1-3H3,(H,25,26);1H. The van der Waals surface area contributed by atoms with Gasteiger partial charge in [0.05, 0.1) is 38.5 Å². The number of likely N-dealkylation sites (tertiary alicyclic amines) is 1. The first-order chi connectivity index (χ1) is 15.2. The Bertz CT molecular complexity index is 722. The summed E-state index contributed by atoms with van der Waals surface area (Å²) < 4.78 is 11.8. The van der Waals surface area contributed by atoms with Crippen molar-refractivity contribution in [3.63, 3.8) is 0 Å². The van der Waals surface area contributed by atoms with E-state index in [0.29, 0.717) is 18.1 Å². The third kappa shape index (κ3) is 6.34. The van der Waals surface area contributed by atoms with Crippen molar-refractivity contribution in [1.82, 2.24) is 20.0 Å². The summed E-state index contributed by atoms with van der Waals surface area (Å²) in [6.45, 7) is 15.6. The zero-order chi connectivity index (χ0) is 21.6. The van der Waals surface area contributed by atoms with Crippen molar-refractivity contribution < 1.29 is 9.47 Å². The molecule has 0 bridgehead atoms. The normalized spacial score (nSPS) is 28.2. The van der Waals surface area contributed by atoms with Crippen molar-refractivity contribution in [2.45, 2.75) is 51.5 Å². The Hall–Kier alpha value is -0.940. The number of hydrogen-bond donors (Lipinski definition) is 1. The van der Waals surface area contributed by atoms with Gasteiger partial charge in [-0.25, -0.2) is 0 Å². The second kappa shape index (κ2) is 12.5. The Labute approximate surface area is 210 Å². The van der Waals surface area contributed by atoms with E-state index in [1.807, 2.05) is 0 Å². The van der Waals surface area contributed by atoms with Crippen molar-refractivity contribution in [2.24, 2.45) is 4.99 Å². The van der Waals surface area contributed by atoms with Gasteiger partial charge in [-0.2, -0.15) is 0 Å². The zero-order valence-electron chi connectivity index (χ0n) is 19.8. The first-order valence-electron chi connectivity index (χ1n) is 11.9. The number of ether oxygens (including phenoxy) is 2. The van der Waals surface area contributed by atoms with E-state index in [-0.39, 0.29) is 30.1 Å². The lowest BCUT2D eigenvalue weighted by Crippen LogP contribution is -2.50. The molecule has 3 aliphatic heterocycles. The molecule has 3 heterocycles. The molecular weight excluding hydrogens is 517 g/mol. The number of guanidine groups is 1. The molecule has 0 aromatic heterocycles. The second-order valence-electron chi connectivity index (χ2n) is 9.04. The van der Waals surface area contributed by atoms with Crippen LogP contribution < -0.4 is 5.32 Å². The van der Waals surface area contributed by atoms with E-state index in [0.717, 1.165) is 71.6 Å². The van der Waals surface area contributed by atoms with Crippen LogP contribution in [-0.4, -0.2) is 104 Å². The second-order valence-corrected chi connectivity index (χ2v) is 9.04. The number of morpholine rings is 2. The number of halogens is 1. The molecule has 3 saturated heterocycles. The first-order valence-corrected chi connectivity index (χ1v) is 11.9. The Balaban J connectivity index is 0.00000289. The molecule has 0 spiro atoms. The van der Waals surface area contributed by atoms with Crippen LogP contribution in [0.3, 0.4) is 0 Å². The van der Waals surface area contributed by atoms with Gasteiger partial charge < -0.3 is 19.7 Å². The number of hydrogen-bond acceptors (Lipinski definition) is 5. The number of benzene rings is 1. The topological polar surface area (TPSA) is 52.6 Å². The molecule has 1 aromatic carbocycles. The maximum atomic E-state index is 6.17. The van der Waals surface area contributed by atoms with Crippen LogP contribution in [0, 0.1) is 0 Å². The summed E-state index contributed by atoms with van der Waals surface area (Å²) in [6, 6.07) is 12.0. The molecular formula is C24H40IN5O2. The summed E-state index contributed by atoms with van der Waals surface area (Å²) in [4.78, 5) is 12.6. The van der Waals surface area contributed by atoms with Crippen LogP contribution in [0.15, 0.2) is 35.3 Å². The predicted octanol–water partition coefficient (Wildman–Crippen LogP) is 2.26. The highest BCUT2D eigenvalue weighted by atomic mass is 127. The maximum absolute atomic E-state index is 6.17. The third-order valence-electron chi connectivity index (χ3n) is 6.77. The van der Waals surface area contributed by atoms with E-state index in [4.69, 9.17) is 14.5 Å². The molecule has 1 aromatic rings. The molecule has 4 unspecified atom stereocenters. The fourth-order valence-electron chi connectivity index (χ4n) is 5.09. The van der Waals surface area contributed by atoms with Gasteiger partial charge in [0.2, 0.25) is 0 Å². The van der Waals surface area contributed by atoms with Gasteiger partial charge in [-0.05, 0) is 26.3 Å². The van der Waals surface area contributed by atoms with Gasteiger partial charge in [-0.15, -0.1) is 24.0 Å². The molecule has 0 amide bonds. The fraction of sp³-hybridized carbons (Fsp3) is 0.708. The van der Waals surface area contributed by atoms with Crippen molar-refractivity contribution in [3.05, 3.63) is 35.9 Å². The fourth-order valence-corrected chi connectivity index (χ4v) is 5.09. The van der Waals surface area contributed by atoms with Gasteiger partial charge >= 0.3 is 0 Å². The van der Waals surface area contributed by atoms with Crippen molar-refractivity contribution in [1.29, 1.82) is 0 Å². The number of rotatable bonds is 6. The van der Waals surface area contributed by atoms with Gasteiger partial charge in [0.15, 0.2) is 5.96 Å². The molecule has 8 heteroatoms. The average Bonchev–Trinajstić information content (AvgIpc) is 3.23. The molecule has 3 aliphatic rings. The summed E-state index contributed by atoms with van der Waals surface area (Å²) >= 11 is 0. The van der Waals surface area contributed by atoms with Crippen LogP contribution in [0.1, 0.15) is 26.3 Å². The Morgan fingerprint density at radius 3 is 2.75 bits per heavy atom. The van der Waals surface area contributed by atoms with E-state index in [2.05, 4.69) is 71.1 Å². The Morgan fingerprint density at radius 1 is 1.19 bits per heavy atom. The molecule has 0 aliphatic carbocycles. The summed E-state index contributed by atoms with van der Waals surface area (Å²) in [5, 5.41) is 3.53. The lowest BCUT2D eigenvalue weighted by Gasteiger charge is -2.37. The molecule has 1 N–H and O–H groups in total. The first kappa shape index (κ1) is 25.7. The van der Waals surface area contributed by atoms with E-state index < -0.39 is 0 Å². The summed E-state index contributed by atoms with van der Waals surface area (Å²) in [5.74, 6) is 1.02. The third-order valence-corrected chi connectivity index (χ3v) is 6.77. The number of fused-ring (bicyclic) bond motifs is 1. The van der Waals surface area contributed by atoms with Gasteiger partial charge in [-0.3, -0.25) is 14.8 Å². The summed E-state index contributed by atoms with van der Waals surface area (Å²) in [6.07, 6.45) is 0.248. The average molecular weight is 558 g/mol. The lowest BCUT2D eigenvalue weighted by atomic mass is 10.1. The smallest absolute Gasteiger partial charge is 0.194 e. The maximum Gasteiger partial charge on any atom is 0.194 e. The van der Waals surface area contributed by atoms with E-state index >= 15 is 0 Å². The highest BCUT2D eigenvalue weighted by Crippen LogP contribution is 2.25. The molecule has 0 radical (unpaired) electrons. The zero-order valence-corrected chi connectivity index (χ0v) is 22.1. The van der Waals surface area contributed by atoms with Crippen LogP contribution in [0.5, 0.6) is 0 Å². The Morgan fingerprint density at radius 2 is 2.00 bits per heavy atom. The van der Waals surface area contributed by atoms with Gasteiger partial charge in [-0.1, -0.05) is 30.3 Å². The minimum atomic E-state index is 0. The number of aliphatic imine (C=N–C) groups is 1. The predicted molar refractivity (Wildman–Crippen MR) is 140 cm³/mol. The van der Waals surface area contributed by atoms with Gasteiger partial charge in [0, 0.05) is 51.4 Å².